The first-order chi connectivity index (χ1) is 17.7. The molecule has 0 spiro atoms. The van der Waals surface area contributed by atoms with Crippen LogP contribution in [-0.2, 0) is 28.5 Å². The van der Waals surface area contributed by atoms with Gasteiger partial charge in [-0.25, -0.2) is 4.79 Å². The fraction of sp³-hybridized carbons (Fsp3) is 0.179. The van der Waals surface area contributed by atoms with Gasteiger partial charge in [-0.15, -0.1) is 0 Å². The summed E-state index contributed by atoms with van der Waals surface area (Å²) in [4.78, 5) is 31.6. The Morgan fingerprint density at radius 2 is 1.70 bits per heavy atom. The van der Waals surface area contributed by atoms with Gasteiger partial charge in [0.15, 0.2) is 0 Å². The van der Waals surface area contributed by atoms with Gasteiger partial charge in [-0.2, -0.15) is 13.2 Å². The van der Waals surface area contributed by atoms with Crippen molar-refractivity contribution in [1.82, 2.24) is 4.98 Å². The molecule has 1 atom stereocenters. The van der Waals surface area contributed by atoms with Gasteiger partial charge in [0.25, 0.3) is 5.91 Å². The zero-order valence-corrected chi connectivity index (χ0v) is 20.1. The second-order valence-electron chi connectivity index (χ2n) is 8.66. The molecule has 1 amide bonds. The standard InChI is InChI=1S/C28H20ClF3N2O3/c29-21-14-13-17(15-20(21)28(30,31)32)33-26(35)25(16-7-2-1-3-8-16)37-27(36)24-18-9-4-5-11-22(18)34-23-12-6-10-19(23)24/h1-5,7-9,11,13-15,25H,6,10,12H2,(H,33,35). The predicted octanol–water partition coefficient (Wildman–Crippen LogP) is 6.93. The molecule has 1 aliphatic carbocycles. The molecule has 0 radical (unpaired) electrons. The third-order valence-electron chi connectivity index (χ3n) is 6.23. The quantitative estimate of drug-likeness (QED) is 0.287. The number of hydrogen-bond acceptors (Lipinski definition) is 4. The van der Waals surface area contributed by atoms with E-state index in [-0.39, 0.29) is 5.69 Å². The Bertz CT molecular complexity index is 1510. The first kappa shape index (κ1) is 24.8. The maximum absolute atomic E-state index is 13.6. The van der Waals surface area contributed by atoms with Crippen molar-refractivity contribution in [1.29, 1.82) is 0 Å². The van der Waals surface area contributed by atoms with Crippen molar-refractivity contribution in [3.63, 3.8) is 0 Å². The van der Waals surface area contributed by atoms with E-state index in [1.165, 1.54) is 6.07 Å². The molecule has 188 valence electrons. The number of pyridine rings is 1. The summed E-state index contributed by atoms with van der Waals surface area (Å²) >= 11 is 5.70. The van der Waals surface area contributed by atoms with Crippen LogP contribution in [-0.4, -0.2) is 16.9 Å². The highest BCUT2D eigenvalue weighted by Gasteiger charge is 2.34. The Kier molecular flexibility index (Phi) is 6.60. The number of nitrogens with zero attached hydrogens (tertiary/aromatic N) is 1. The minimum Gasteiger partial charge on any atom is -0.444 e. The van der Waals surface area contributed by atoms with Gasteiger partial charge < -0.3 is 10.1 Å². The molecule has 1 aromatic heterocycles. The average Bonchev–Trinajstić information content (AvgIpc) is 3.34. The molecule has 1 heterocycles. The molecule has 0 saturated heterocycles. The summed E-state index contributed by atoms with van der Waals surface area (Å²) in [5, 5.41) is 2.57. The van der Waals surface area contributed by atoms with Gasteiger partial charge in [0.1, 0.15) is 0 Å². The highest BCUT2D eigenvalue weighted by molar-refractivity contribution is 6.31. The van der Waals surface area contributed by atoms with Crippen LogP contribution in [0, 0.1) is 0 Å². The van der Waals surface area contributed by atoms with E-state index in [0.717, 1.165) is 36.2 Å². The summed E-state index contributed by atoms with van der Waals surface area (Å²) < 4.78 is 45.7. The number of hydrogen-bond donors (Lipinski definition) is 1. The van der Waals surface area contributed by atoms with E-state index >= 15 is 0 Å². The van der Waals surface area contributed by atoms with Crippen molar-refractivity contribution < 1.29 is 27.5 Å². The number of alkyl halides is 3. The highest BCUT2D eigenvalue weighted by atomic mass is 35.5. The Morgan fingerprint density at radius 1 is 0.973 bits per heavy atom. The molecule has 1 aliphatic rings. The van der Waals surface area contributed by atoms with Crippen LogP contribution in [0.4, 0.5) is 18.9 Å². The van der Waals surface area contributed by atoms with Crippen LogP contribution in [0.5, 0.6) is 0 Å². The number of rotatable bonds is 5. The van der Waals surface area contributed by atoms with Gasteiger partial charge in [0.05, 0.1) is 21.7 Å². The van der Waals surface area contributed by atoms with Crippen LogP contribution in [0.3, 0.4) is 0 Å². The van der Waals surface area contributed by atoms with E-state index in [1.807, 2.05) is 12.1 Å². The lowest BCUT2D eigenvalue weighted by molar-refractivity contribution is -0.137. The van der Waals surface area contributed by atoms with Crippen molar-refractivity contribution in [2.75, 3.05) is 5.32 Å². The lowest BCUT2D eigenvalue weighted by Crippen LogP contribution is -2.26. The predicted molar refractivity (Wildman–Crippen MR) is 133 cm³/mol. The van der Waals surface area contributed by atoms with Gasteiger partial charge in [-0.3, -0.25) is 9.78 Å². The number of ether oxygens (including phenoxy) is 1. The number of nitrogens with one attached hydrogen (secondary N) is 1. The highest BCUT2D eigenvalue weighted by Crippen LogP contribution is 2.37. The van der Waals surface area contributed by atoms with Crippen LogP contribution in [0.2, 0.25) is 5.02 Å². The third kappa shape index (κ3) is 5.02. The molecule has 1 N–H and O–H groups in total. The molecule has 5 rings (SSSR count). The van der Waals surface area contributed by atoms with E-state index in [1.54, 1.807) is 42.5 Å². The Labute approximate surface area is 215 Å². The zero-order chi connectivity index (χ0) is 26.2. The number of carbonyl (C=O) groups is 2. The van der Waals surface area contributed by atoms with Crippen LogP contribution >= 0.6 is 11.6 Å². The first-order valence-corrected chi connectivity index (χ1v) is 11.9. The van der Waals surface area contributed by atoms with Crippen LogP contribution in [0.1, 0.15) is 45.3 Å². The zero-order valence-electron chi connectivity index (χ0n) is 19.3. The average molecular weight is 525 g/mol. The number of fused-ring (bicyclic) bond motifs is 2. The summed E-state index contributed by atoms with van der Waals surface area (Å²) in [5.74, 6) is -1.50. The molecular weight excluding hydrogens is 505 g/mol. The Morgan fingerprint density at radius 3 is 2.46 bits per heavy atom. The van der Waals surface area contributed by atoms with Crippen LogP contribution < -0.4 is 5.32 Å². The Hall–Kier alpha value is -3.91. The minimum atomic E-state index is -4.70. The number of halogens is 4. The third-order valence-corrected chi connectivity index (χ3v) is 6.56. The largest absolute Gasteiger partial charge is 0.444 e. The molecule has 0 bridgehead atoms. The van der Waals surface area contributed by atoms with E-state index in [2.05, 4.69) is 10.3 Å². The SMILES string of the molecule is O=C(OC(C(=O)Nc1ccc(Cl)c(C(F)(F)F)c1)c1ccccc1)c1c2c(nc3ccccc13)CCC2. The minimum absolute atomic E-state index is 0.131. The number of aromatic nitrogens is 1. The molecule has 9 heteroatoms. The van der Waals surface area contributed by atoms with E-state index in [9.17, 15) is 22.8 Å². The molecule has 0 aliphatic heterocycles. The van der Waals surface area contributed by atoms with Gasteiger partial charge in [-0.05, 0) is 49.1 Å². The number of para-hydroxylation sites is 1. The smallest absolute Gasteiger partial charge is 0.417 e. The lowest BCUT2D eigenvalue weighted by Gasteiger charge is -2.20. The molecule has 1 unspecified atom stereocenters. The monoisotopic (exact) mass is 524 g/mol. The molecule has 4 aromatic rings. The first-order valence-electron chi connectivity index (χ1n) is 11.6. The summed E-state index contributed by atoms with van der Waals surface area (Å²) in [7, 11) is 0. The fourth-order valence-corrected chi connectivity index (χ4v) is 4.76. The number of aryl methyl sites for hydroxylation is 1. The number of benzene rings is 3. The number of anilines is 1. The van der Waals surface area contributed by atoms with Crippen LogP contribution in [0.25, 0.3) is 10.9 Å². The summed E-state index contributed by atoms with van der Waals surface area (Å²) in [6.45, 7) is 0. The van der Waals surface area contributed by atoms with Crippen molar-refractivity contribution >= 4 is 40.1 Å². The number of amides is 1. The van der Waals surface area contributed by atoms with E-state index in [0.29, 0.717) is 28.5 Å². The number of esters is 1. The van der Waals surface area contributed by atoms with Crippen molar-refractivity contribution in [3.8, 4) is 0 Å². The maximum Gasteiger partial charge on any atom is 0.417 e. The second kappa shape index (κ2) is 9.86. The fourth-order valence-electron chi connectivity index (χ4n) is 4.54. The van der Waals surface area contributed by atoms with Gasteiger partial charge >= 0.3 is 12.1 Å². The number of carbonyl (C=O) groups excluding carboxylic acids is 2. The van der Waals surface area contributed by atoms with Crippen molar-refractivity contribution in [3.05, 3.63) is 106 Å². The van der Waals surface area contributed by atoms with Crippen molar-refractivity contribution in [2.24, 2.45) is 0 Å². The lowest BCUT2D eigenvalue weighted by atomic mass is 10.0. The molecule has 0 saturated carbocycles. The Balaban J connectivity index is 1.50. The van der Waals surface area contributed by atoms with Gasteiger partial charge in [0, 0.05) is 22.3 Å². The normalized spacial score (nSPS) is 13.7. The van der Waals surface area contributed by atoms with Gasteiger partial charge in [-0.1, -0.05) is 60.1 Å². The van der Waals surface area contributed by atoms with Crippen LogP contribution in [0.15, 0.2) is 72.8 Å². The second-order valence-corrected chi connectivity index (χ2v) is 9.07. The molecule has 37 heavy (non-hydrogen) atoms. The van der Waals surface area contributed by atoms with E-state index in [4.69, 9.17) is 16.3 Å². The van der Waals surface area contributed by atoms with E-state index < -0.39 is 34.7 Å². The summed E-state index contributed by atoms with van der Waals surface area (Å²) in [6.07, 6.45) is -3.87. The molecule has 3 aromatic carbocycles. The summed E-state index contributed by atoms with van der Waals surface area (Å²) in [5.41, 5.74) is 1.78. The van der Waals surface area contributed by atoms with Crippen molar-refractivity contribution in [2.45, 2.75) is 31.5 Å². The molecule has 5 nitrogen and oxygen atoms in total. The maximum atomic E-state index is 13.6. The molecule has 0 fully saturated rings. The summed E-state index contributed by atoms with van der Waals surface area (Å²) in [6, 6.07) is 18.6. The molecular formula is C28H20ClF3N2O3. The topological polar surface area (TPSA) is 68.3 Å². The van der Waals surface area contributed by atoms with Gasteiger partial charge in [0.2, 0.25) is 6.10 Å².